The summed E-state index contributed by atoms with van der Waals surface area (Å²) in [5.74, 6) is -0.331. The highest BCUT2D eigenvalue weighted by Crippen LogP contribution is 2.26. The third-order valence-corrected chi connectivity index (χ3v) is 4.49. The minimum atomic E-state index is -0.477. The minimum Gasteiger partial charge on any atom is -0.504 e. The number of hydrazone groups is 1. The molecule has 0 spiro atoms. The van der Waals surface area contributed by atoms with Crippen molar-refractivity contribution in [3.63, 3.8) is 0 Å². The largest absolute Gasteiger partial charge is 0.504 e. The molecule has 1 aliphatic heterocycles. The summed E-state index contributed by atoms with van der Waals surface area (Å²) >= 11 is 0. The van der Waals surface area contributed by atoms with Gasteiger partial charge in [-0.2, -0.15) is 5.10 Å². The molecule has 27 heavy (non-hydrogen) atoms. The maximum absolute atomic E-state index is 12.4. The standard InChI is InChI=1S/C19H16N4O4/c24-15-4-1-3-12(17(15)25)10-20-22-18(26)11-6-7-13-14(9-11)21-16-5-2-8-23(16)19(13)27/h1,3-4,6-7,9-10,24-25H,2,5,8H2,(H,22,26)/b20-10+. The lowest BCUT2D eigenvalue weighted by Crippen LogP contribution is -2.22. The normalized spacial score (nSPS) is 13.2. The summed E-state index contributed by atoms with van der Waals surface area (Å²) in [6.45, 7) is 0.677. The molecule has 0 fully saturated rings. The summed E-state index contributed by atoms with van der Waals surface area (Å²) < 4.78 is 1.67. The van der Waals surface area contributed by atoms with Gasteiger partial charge in [-0.15, -0.1) is 0 Å². The number of benzene rings is 2. The van der Waals surface area contributed by atoms with Gasteiger partial charge >= 0.3 is 0 Å². The number of phenols is 2. The minimum absolute atomic E-state index is 0.0863. The number of hydrogen-bond donors (Lipinski definition) is 3. The first kappa shape index (κ1) is 16.8. The molecule has 0 unspecified atom stereocenters. The molecule has 8 nitrogen and oxygen atoms in total. The maximum Gasteiger partial charge on any atom is 0.271 e. The Balaban J connectivity index is 1.58. The van der Waals surface area contributed by atoms with Crippen LogP contribution in [0.3, 0.4) is 0 Å². The van der Waals surface area contributed by atoms with Gasteiger partial charge in [0.2, 0.25) is 0 Å². The second-order valence-corrected chi connectivity index (χ2v) is 6.23. The Hall–Kier alpha value is -3.68. The summed E-state index contributed by atoms with van der Waals surface area (Å²) in [7, 11) is 0. The molecule has 1 aliphatic rings. The smallest absolute Gasteiger partial charge is 0.271 e. The number of amides is 1. The number of rotatable bonds is 3. The fourth-order valence-corrected chi connectivity index (χ4v) is 3.10. The van der Waals surface area contributed by atoms with Crippen molar-refractivity contribution in [3.05, 3.63) is 63.7 Å². The van der Waals surface area contributed by atoms with Crippen molar-refractivity contribution in [2.24, 2.45) is 5.10 Å². The van der Waals surface area contributed by atoms with E-state index in [0.717, 1.165) is 18.7 Å². The van der Waals surface area contributed by atoms with Gasteiger partial charge in [0, 0.05) is 24.1 Å². The van der Waals surface area contributed by atoms with Crippen molar-refractivity contribution >= 4 is 23.0 Å². The van der Waals surface area contributed by atoms with Gasteiger partial charge in [-0.1, -0.05) is 6.07 Å². The highest BCUT2D eigenvalue weighted by atomic mass is 16.3. The van der Waals surface area contributed by atoms with E-state index < -0.39 is 5.91 Å². The van der Waals surface area contributed by atoms with Gasteiger partial charge in [-0.25, -0.2) is 10.4 Å². The number of aryl methyl sites for hydroxylation is 1. The molecule has 0 saturated carbocycles. The molecule has 1 amide bonds. The SMILES string of the molecule is O=C(N/N=C/c1cccc(O)c1O)c1ccc2c(=O)n3c(nc2c1)CCC3. The number of para-hydroxylation sites is 1. The van der Waals surface area contributed by atoms with E-state index in [1.54, 1.807) is 34.9 Å². The van der Waals surface area contributed by atoms with Gasteiger partial charge in [0.25, 0.3) is 11.5 Å². The Morgan fingerprint density at radius 1 is 1.26 bits per heavy atom. The van der Waals surface area contributed by atoms with E-state index in [4.69, 9.17) is 0 Å². The van der Waals surface area contributed by atoms with Gasteiger partial charge < -0.3 is 10.2 Å². The van der Waals surface area contributed by atoms with Crippen LogP contribution >= 0.6 is 0 Å². The number of phenolic OH excluding ortho intramolecular Hbond substituents is 2. The van der Waals surface area contributed by atoms with Gasteiger partial charge in [0.05, 0.1) is 17.1 Å². The van der Waals surface area contributed by atoms with Gasteiger partial charge in [-0.05, 0) is 36.8 Å². The topological polar surface area (TPSA) is 117 Å². The molecule has 136 valence electrons. The number of aromatic hydroxyl groups is 2. The van der Waals surface area contributed by atoms with Gasteiger partial charge in [0.15, 0.2) is 11.5 Å². The average molecular weight is 364 g/mol. The lowest BCUT2D eigenvalue weighted by atomic mass is 10.1. The van der Waals surface area contributed by atoms with Crippen molar-refractivity contribution in [1.29, 1.82) is 0 Å². The van der Waals surface area contributed by atoms with Crippen molar-refractivity contribution in [2.75, 3.05) is 0 Å². The molecular formula is C19H16N4O4. The molecule has 0 saturated heterocycles. The lowest BCUT2D eigenvalue weighted by molar-refractivity contribution is 0.0955. The van der Waals surface area contributed by atoms with E-state index in [-0.39, 0.29) is 22.6 Å². The Labute approximate surface area is 153 Å². The fourth-order valence-electron chi connectivity index (χ4n) is 3.10. The maximum atomic E-state index is 12.4. The Kier molecular flexibility index (Phi) is 4.08. The van der Waals surface area contributed by atoms with Crippen LogP contribution in [-0.2, 0) is 13.0 Å². The molecule has 0 aliphatic carbocycles. The van der Waals surface area contributed by atoms with E-state index in [1.165, 1.54) is 12.3 Å². The molecule has 8 heteroatoms. The summed E-state index contributed by atoms with van der Waals surface area (Å²) in [4.78, 5) is 29.2. The van der Waals surface area contributed by atoms with E-state index in [1.807, 2.05) is 0 Å². The molecule has 3 aromatic rings. The van der Waals surface area contributed by atoms with Gasteiger partial charge in [0.1, 0.15) is 5.82 Å². The quantitative estimate of drug-likeness (QED) is 0.370. The molecule has 2 heterocycles. The lowest BCUT2D eigenvalue weighted by Gasteiger charge is -2.06. The zero-order valence-electron chi connectivity index (χ0n) is 14.2. The Bertz CT molecular complexity index is 1150. The molecule has 2 aromatic carbocycles. The number of nitrogens with one attached hydrogen (secondary N) is 1. The number of carbonyl (C=O) groups excluding carboxylic acids is 1. The van der Waals surface area contributed by atoms with Crippen LogP contribution in [0.4, 0.5) is 0 Å². The number of fused-ring (bicyclic) bond motifs is 2. The first-order chi connectivity index (χ1) is 13.0. The zero-order valence-corrected chi connectivity index (χ0v) is 14.2. The Morgan fingerprint density at radius 2 is 2.11 bits per heavy atom. The highest BCUT2D eigenvalue weighted by molar-refractivity contribution is 5.98. The number of hydrogen-bond acceptors (Lipinski definition) is 6. The summed E-state index contributed by atoms with van der Waals surface area (Å²) in [6, 6.07) is 9.13. The molecule has 0 radical (unpaired) electrons. The van der Waals surface area contributed by atoms with Crippen LogP contribution in [0.5, 0.6) is 11.5 Å². The first-order valence-corrected chi connectivity index (χ1v) is 8.42. The van der Waals surface area contributed by atoms with Crippen LogP contribution in [-0.4, -0.2) is 31.9 Å². The molecule has 0 atom stereocenters. The van der Waals surface area contributed by atoms with E-state index in [2.05, 4.69) is 15.5 Å². The van der Waals surface area contributed by atoms with Crippen molar-refractivity contribution in [3.8, 4) is 11.5 Å². The van der Waals surface area contributed by atoms with Crippen LogP contribution in [0, 0.1) is 0 Å². The molecule has 4 rings (SSSR count). The fraction of sp³-hybridized carbons (Fsp3) is 0.158. The molecular weight excluding hydrogens is 348 g/mol. The molecule has 0 bridgehead atoms. The summed E-state index contributed by atoms with van der Waals surface area (Å²) in [6.07, 6.45) is 2.87. The van der Waals surface area contributed by atoms with Crippen LogP contribution in [0.25, 0.3) is 10.9 Å². The van der Waals surface area contributed by atoms with Crippen molar-refractivity contribution in [1.82, 2.24) is 15.0 Å². The number of aromatic nitrogens is 2. The molecule has 1 aromatic heterocycles. The van der Waals surface area contributed by atoms with Gasteiger partial charge in [-0.3, -0.25) is 14.2 Å². The summed E-state index contributed by atoms with van der Waals surface area (Å²) in [5.41, 5.74) is 3.33. The predicted octanol–water partition coefficient (Wildman–Crippen LogP) is 1.52. The van der Waals surface area contributed by atoms with E-state index in [9.17, 15) is 19.8 Å². The predicted molar refractivity (Wildman–Crippen MR) is 99.2 cm³/mol. The summed E-state index contributed by atoms with van der Waals surface area (Å²) in [5, 5.41) is 23.4. The van der Waals surface area contributed by atoms with Crippen LogP contribution in [0.2, 0.25) is 0 Å². The van der Waals surface area contributed by atoms with Crippen molar-refractivity contribution < 1.29 is 15.0 Å². The first-order valence-electron chi connectivity index (χ1n) is 8.42. The van der Waals surface area contributed by atoms with Crippen LogP contribution in [0.15, 0.2) is 46.3 Å². The van der Waals surface area contributed by atoms with Crippen molar-refractivity contribution in [2.45, 2.75) is 19.4 Å². The average Bonchev–Trinajstić information content (AvgIpc) is 3.13. The number of carbonyl (C=O) groups is 1. The van der Waals surface area contributed by atoms with E-state index in [0.29, 0.717) is 23.0 Å². The third-order valence-electron chi connectivity index (χ3n) is 4.49. The van der Waals surface area contributed by atoms with E-state index >= 15 is 0 Å². The monoisotopic (exact) mass is 364 g/mol. The zero-order chi connectivity index (χ0) is 19.0. The molecule has 3 N–H and O–H groups in total. The Morgan fingerprint density at radius 3 is 2.96 bits per heavy atom. The second kappa shape index (κ2) is 6.56. The highest BCUT2D eigenvalue weighted by Gasteiger charge is 2.17. The van der Waals surface area contributed by atoms with Crippen LogP contribution in [0.1, 0.15) is 28.2 Å². The number of nitrogens with zero attached hydrogens (tertiary/aromatic N) is 3. The second-order valence-electron chi connectivity index (χ2n) is 6.23. The van der Waals surface area contributed by atoms with Crippen LogP contribution < -0.4 is 11.0 Å². The third kappa shape index (κ3) is 3.01.